The fourth-order valence-electron chi connectivity index (χ4n) is 2.05. The summed E-state index contributed by atoms with van der Waals surface area (Å²) in [5.74, 6) is 0.516. The minimum absolute atomic E-state index is 0.192. The summed E-state index contributed by atoms with van der Waals surface area (Å²) in [4.78, 5) is 0. The van der Waals surface area contributed by atoms with Gasteiger partial charge in [0.1, 0.15) is 5.15 Å². The summed E-state index contributed by atoms with van der Waals surface area (Å²) in [5, 5.41) is 22.5. The molecule has 21 heavy (non-hydrogen) atoms. The van der Waals surface area contributed by atoms with E-state index >= 15 is 0 Å². The zero-order valence-corrected chi connectivity index (χ0v) is 12.1. The van der Waals surface area contributed by atoms with Crippen molar-refractivity contribution in [3.63, 3.8) is 0 Å². The summed E-state index contributed by atoms with van der Waals surface area (Å²) in [5.41, 5.74) is 2.92. The van der Waals surface area contributed by atoms with Crippen molar-refractivity contribution in [1.29, 1.82) is 0 Å². The molecular formula is C15H13ClN4O. The van der Waals surface area contributed by atoms with E-state index in [1.807, 2.05) is 43.3 Å². The fraction of sp³-hybridized carbons (Fsp3) is 0.133. The normalized spacial score (nSPS) is 10.8. The van der Waals surface area contributed by atoms with Gasteiger partial charge in [-0.15, -0.1) is 5.10 Å². The Morgan fingerprint density at radius 1 is 1.10 bits per heavy atom. The second kappa shape index (κ2) is 5.63. The van der Waals surface area contributed by atoms with Crippen molar-refractivity contribution in [3.05, 3.63) is 58.9 Å². The van der Waals surface area contributed by atoms with Crippen LogP contribution >= 0.6 is 11.6 Å². The number of aromatic nitrogens is 4. The maximum absolute atomic E-state index is 9.59. The van der Waals surface area contributed by atoms with Crippen LogP contribution in [0.3, 0.4) is 0 Å². The van der Waals surface area contributed by atoms with E-state index < -0.39 is 0 Å². The van der Waals surface area contributed by atoms with Gasteiger partial charge in [-0.2, -0.15) is 10.2 Å². The molecule has 106 valence electrons. The van der Waals surface area contributed by atoms with E-state index in [9.17, 15) is 5.11 Å². The monoisotopic (exact) mass is 300 g/mol. The van der Waals surface area contributed by atoms with Crippen molar-refractivity contribution in [2.45, 2.75) is 13.5 Å². The molecule has 0 spiro atoms. The molecule has 0 aliphatic carbocycles. The molecule has 0 aliphatic rings. The van der Waals surface area contributed by atoms with Crippen molar-refractivity contribution in [3.8, 4) is 17.1 Å². The Bertz CT molecular complexity index is 753. The molecule has 2 aromatic heterocycles. The maximum atomic E-state index is 9.59. The fourth-order valence-corrected chi connectivity index (χ4v) is 2.33. The van der Waals surface area contributed by atoms with E-state index in [4.69, 9.17) is 11.6 Å². The molecule has 0 atom stereocenters. The summed E-state index contributed by atoms with van der Waals surface area (Å²) in [6.45, 7) is 1.67. The van der Waals surface area contributed by atoms with Crippen LogP contribution in [0, 0.1) is 6.92 Å². The average molecular weight is 301 g/mol. The van der Waals surface area contributed by atoms with Crippen molar-refractivity contribution in [2.75, 3.05) is 0 Å². The Balaban J connectivity index is 2.16. The van der Waals surface area contributed by atoms with Gasteiger partial charge in [-0.25, -0.2) is 4.68 Å². The van der Waals surface area contributed by atoms with Gasteiger partial charge in [0.25, 0.3) is 0 Å². The first-order chi connectivity index (χ1) is 10.2. The molecular weight excluding hydrogens is 288 g/mol. The first kappa shape index (κ1) is 13.7. The van der Waals surface area contributed by atoms with Crippen molar-refractivity contribution in [2.24, 2.45) is 0 Å². The van der Waals surface area contributed by atoms with Gasteiger partial charge in [0.15, 0.2) is 5.82 Å². The molecule has 0 radical (unpaired) electrons. The number of aliphatic hydroxyl groups is 1. The molecule has 0 amide bonds. The lowest BCUT2D eigenvalue weighted by molar-refractivity contribution is 0.282. The molecule has 2 heterocycles. The van der Waals surface area contributed by atoms with Crippen LogP contribution in [0.4, 0.5) is 0 Å². The molecule has 0 bridgehead atoms. The highest BCUT2D eigenvalue weighted by Gasteiger charge is 2.18. The van der Waals surface area contributed by atoms with E-state index in [2.05, 4.69) is 15.3 Å². The molecule has 5 nitrogen and oxygen atoms in total. The van der Waals surface area contributed by atoms with Crippen LogP contribution in [0.5, 0.6) is 0 Å². The predicted molar refractivity (Wildman–Crippen MR) is 80.3 cm³/mol. The third kappa shape index (κ3) is 2.53. The average Bonchev–Trinajstić information content (AvgIpc) is 2.86. The van der Waals surface area contributed by atoms with Gasteiger partial charge in [0.05, 0.1) is 18.0 Å². The highest BCUT2D eigenvalue weighted by atomic mass is 35.5. The molecule has 1 aromatic carbocycles. The SMILES string of the molecule is Cc1ccc(-n2nc(-c3ccccc3)c(CO)c2Cl)nn1. The number of halogens is 1. The summed E-state index contributed by atoms with van der Waals surface area (Å²) in [6, 6.07) is 13.2. The molecule has 3 aromatic rings. The van der Waals surface area contributed by atoms with E-state index in [1.165, 1.54) is 4.68 Å². The quantitative estimate of drug-likeness (QED) is 0.808. The number of hydrogen-bond acceptors (Lipinski definition) is 4. The van der Waals surface area contributed by atoms with Gasteiger partial charge in [0, 0.05) is 11.1 Å². The van der Waals surface area contributed by atoms with Gasteiger partial charge in [-0.05, 0) is 19.1 Å². The summed E-state index contributed by atoms with van der Waals surface area (Å²) >= 11 is 6.33. The second-order valence-electron chi connectivity index (χ2n) is 4.59. The van der Waals surface area contributed by atoms with E-state index in [1.54, 1.807) is 6.07 Å². The van der Waals surface area contributed by atoms with Crippen molar-refractivity contribution in [1.82, 2.24) is 20.0 Å². The lowest BCUT2D eigenvalue weighted by atomic mass is 10.1. The number of benzene rings is 1. The Morgan fingerprint density at radius 3 is 2.48 bits per heavy atom. The van der Waals surface area contributed by atoms with Crippen LogP contribution < -0.4 is 0 Å². The van der Waals surface area contributed by atoms with Crippen molar-refractivity contribution < 1.29 is 5.11 Å². The molecule has 0 saturated heterocycles. The largest absolute Gasteiger partial charge is 0.391 e. The Kier molecular flexibility index (Phi) is 3.68. The van der Waals surface area contributed by atoms with E-state index in [0.29, 0.717) is 22.2 Å². The zero-order chi connectivity index (χ0) is 14.8. The minimum atomic E-state index is -0.192. The molecule has 0 saturated carbocycles. The molecule has 1 N–H and O–H groups in total. The Labute approximate surface area is 126 Å². The van der Waals surface area contributed by atoms with Crippen LogP contribution in [0.25, 0.3) is 17.1 Å². The maximum Gasteiger partial charge on any atom is 0.177 e. The third-order valence-corrected chi connectivity index (χ3v) is 3.52. The molecule has 0 unspecified atom stereocenters. The van der Waals surface area contributed by atoms with Crippen LogP contribution in [0.1, 0.15) is 11.3 Å². The Hall–Kier alpha value is -2.24. The van der Waals surface area contributed by atoms with Gasteiger partial charge in [0.2, 0.25) is 0 Å². The smallest absolute Gasteiger partial charge is 0.177 e. The number of aliphatic hydroxyl groups excluding tert-OH is 1. The lowest BCUT2D eigenvalue weighted by Gasteiger charge is -2.01. The topological polar surface area (TPSA) is 63.8 Å². The van der Waals surface area contributed by atoms with Crippen LogP contribution in [0.15, 0.2) is 42.5 Å². The third-order valence-electron chi connectivity index (χ3n) is 3.13. The Morgan fingerprint density at radius 2 is 1.86 bits per heavy atom. The van der Waals surface area contributed by atoms with E-state index in [-0.39, 0.29) is 6.61 Å². The number of aryl methyl sites for hydroxylation is 1. The van der Waals surface area contributed by atoms with Gasteiger partial charge in [-0.3, -0.25) is 0 Å². The van der Waals surface area contributed by atoms with Crippen LogP contribution in [-0.2, 0) is 6.61 Å². The predicted octanol–water partition coefficient (Wildman–Crippen LogP) is 2.78. The highest BCUT2D eigenvalue weighted by molar-refractivity contribution is 6.31. The number of hydrogen-bond donors (Lipinski definition) is 1. The van der Waals surface area contributed by atoms with Gasteiger partial charge < -0.3 is 5.11 Å². The summed E-state index contributed by atoms with van der Waals surface area (Å²) in [7, 11) is 0. The molecule has 0 fully saturated rings. The first-order valence-electron chi connectivity index (χ1n) is 6.45. The number of rotatable bonds is 3. The van der Waals surface area contributed by atoms with Crippen LogP contribution in [0.2, 0.25) is 5.15 Å². The summed E-state index contributed by atoms with van der Waals surface area (Å²) in [6.07, 6.45) is 0. The van der Waals surface area contributed by atoms with Crippen molar-refractivity contribution >= 4 is 11.6 Å². The van der Waals surface area contributed by atoms with Crippen LogP contribution in [-0.4, -0.2) is 25.1 Å². The standard InChI is InChI=1S/C15H13ClN4O/c1-10-7-8-13(18-17-10)20-15(16)12(9-21)14(19-20)11-5-3-2-4-6-11/h2-8,21H,9H2,1H3. The lowest BCUT2D eigenvalue weighted by Crippen LogP contribution is -2.02. The first-order valence-corrected chi connectivity index (χ1v) is 6.83. The van der Waals surface area contributed by atoms with Gasteiger partial charge >= 0.3 is 0 Å². The minimum Gasteiger partial charge on any atom is -0.391 e. The summed E-state index contributed by atoms with van der Waals surface area (Å²) < 4.78 is 1.49. The molecule has 6 heteroatoms. The highest BCUT2D eigenvalue weighted by Crippen LogP contribution is 2.30. The second-order valence-corrected chi connectivity index (χ2v) is 4.94. The number of nitrogens with zero attached hydrogens (tertiary/aromatic N) is 4. The molecule has 3 rings (SSSR count). The molecule has 0 aliphatic heterocycles. The van der Waals surface area contributed by atoms with Gasteiger partial charge in [-0.1, -0.05) is 41.9 Å². The zero-order valence-electron chi connectivity index (χ0n) is 11.4. The van der Waals surface area contributed by atoms with E-state index in [0.717, 1.165) is 11.3 Å².